The van der Waals surface area contributed by atoms with Gasteiger partial charge in [-0.15, -0.1) is 0 Å². The van der Waals surface area contributed by atoms with E-state index in [0.29, 0.717) is 0 Å². The number of nitrogens with zero attached hydrogens (tertiary/aromatic N) is 2. The Kier molecular flexibility index (Phi) is 3.31. The number of hydrogen-bond acceptors (Lipinski definition) is 4. The summed E-state index contributed by atoms with van der Waals surface area (Å²) in [5.41, 5.74) is 2.10. The molecule has 4 heteroatoms. The summed E-state index contributed by atoms with van der Waals surface area (Å²) in [4.78, 5) is 8.47. The van der Waals surface area contributed by atoms with E-state index in [0.717, 1.165) is 35.2 Å². The number of benzene rings is 1. The maximum absolute atomic E-state index is 8.74. The van der Waals surface area contributed by atoms with Gasteiger partial charge in [-0.1, -0.05) is 12.1 Å². The third kappa shape index (κ3) is 2.12. The Balaban J connectivity index is 2.37. The first-order chi connectivity index (χ1) is 7.83. The van der Waals surface area contributed by atoms with E-state index < -0.39 is 0 Å². The number of aliphatic hydroxyl groups excluding tert-OH is 1. The number of fused-ring (bicyclic) bond motifs is 1. The highest BCUT2D eigenvalue weighted by molar-refractivity contribution is 5.91. The second-order valence-corrected chi connectivity index (χ2v) is 3.70. The first kappa shape index (κ1) is 10.8. The van der Waals surface area contributed by atoms with Crippen LogP contribution in [0.15, 0.2) is 24.5 Å². The normalized spacial score (nSPS) is 10.6. The molecule has 0 aliphatic rings. The van der Waals surface area contributed by atoms with Crippen molar-refractivity contribution in [2.45, 2.75) is 13.3 Å². The molecule has 4 nitrogen and oxygen atoms in total. The van der Waals surface area contributed by atoms with Crippen molar-refractivity contribution >= 4 is 16.7 Å². The van der Waals surface area contributed by atoms with E-state index in [1.807, 2.05) is 25.1 Å². The molecule has 2 rings (SSSR count). The molecule has 84 valence electrons. The summed E-state index contributed by atoms with van der Waals surface area (Å²) in [7, 11) is 0. The van der Waals surface area contributed by atoms with Gasteiger partial charge in [0.2, 0.25) is 0 Å². The van der Waals surface area contributed by atoms with Gasteiger partial charge in [-0.2, -0.15) is 0 Å². The van der Waals surface area contributed by atoms with Crippen molar-refractivity contribution in [2.75, 3.05) is 18.5 Å². The zero-order valence-electron chi connectivity index (χ0n) is 9.27. The lowest BCUT2D eigenvalue weighted by Crippen LogP contribution is -2.06. The molecular formula is C12H15N3O. The molecule has 0 spiro atoms. The predicted molar refractivity (Wildman–Crippen MR) is 64.5 cm³/mol. The Hall–Kier alpha value is -1.68. The van der Waals surface area contributed by atoms with Crippen LogP contribution in [0.5, 0.6) is 0 Å². The lowest BCUT2D eigenvalue weighted by molar-refractivity contribution is 0.292. The Labute approximate surface area is 94.4 Å². The summed E-state index contributed by atoms with van der Waals surface area (Å²) in [5, 5.41) is 13.0. The van der Waals surface area contributed by atoms with Crippen LogP contribution in [0, 0.1) is 6.92 Å². The molecule has 0 radical (unpaired) electrons. The van der Waals surface area contributed by atoms with Gasteiger partial charge in [-0.05, 0) is 25.0 Å². The minimum atomic E-state index is 0.189. The lowest BCUT2D eigenvalue weighted by atomic mass is 10.1. The quantitative estimate of drug-likeness (QED) is 0.766. The third-order valence-corrected chi connectivity index (χ3v) is 2.50. The van der Waals surface area contributed by atoms with Crippen molar-refractivity contribution in [1.82, 2.24) is 9.97 Å². The lowest BCUT2D eigenvalue weighted by Gasteiger charge is -2.09. The van der Waals surface area contributed by atoms with Crippen LogP contribution >= 0.6 is 0 Å². The van der Waals surface area contributed by atoms with Crippen molar-refractivity contribution in [1.29, 1.82) is 0 Å². The summed E-state index contributed by atoms with van der Waals surface area (Å²) in [5.74, 6) is 0.844. The maximum Gasteiger partial charge on any atom is 0.137 e. The summed E-state index contributed by atoms with van der Waals surface area (Å²) < 4.78 is 0. The highest BCUT2D eigenvalue weighted by atomic mass is 16.3. The third-order valence-electron chi connectivity index (χ3n) is 2.50. The molecule has 16 heavy (non-hydrogen) atoms. The van der Waals surface area contributed by atoms with E-state index in [4.69, 9.17) is 5.11 Å². The fourth-order valence-corrected chi connectivity index (χ4v) is 1.70. The molecule has 2 N–H and O–H groups in total. The number of aliphatic hydroxyl groups is 1. The molecule has 0 atom stereocenters. The standard InChI is InChI=1S/C12H15N3O/c1-9-4-2-5-10-11(9)12(15-8-14-10)13-6-3-7-16/h2,4-5,8,16H,3,6-7H2,1H3,(H,13,14,15). The van der Waals surface area contributed by atoms with Gasteiger partial charge in [0.1, 0.15) is 12.1 Å². The van der Waals surface area contributed by atoms with Crippen LogP contribution < -0.4 is 5.32 Å². The molecule has 0 saturated heterocycles. The fraction of sp³-hybridized carbons (Fsp3) is 0.333. The average Bonchev–Trinajstić information content (AvgIpc) is 2.30. The van der Waals surface area contributed by atoms with Gasteiger partial charge >= 0.3 is 0 Å². The van der Waals surface area contributed by atoms with Crippen LogP contribution in [-0.4, -0.2) is 28.2 Å². The van der Waals surface area contributed by atoms with Crippen LogP contribution in [0.25, 0.3) is 10.9 Å². The molecule has 0 bridgehead atoms. The Morgan fingerprint density at radius 2 is 2.19 bits per heavy atom. The number of anilines is 1. The molecule has 0 unspecified atom stereocenters. The van der Waals surface area contributed by atoms with Crippen molar-refractivity contribution in [3.8, 4) is 0 Å². The molecular weight excluding hydrogens is 202 g/mol. The summed E-state index contributed by atoms with van der Waals surface area (Å²) in [6.07, 6.45) is 2.28. The fourth-order valence-electron chi connectivity index (χ4n) is 1.70. The zero-order chi connectivity index (χ0) is 11.4. The van der Waals surface area contributed by atoms with E-state index in [9.17, 15) is 0 Å². The van der Waals surface area contributed by atoms with Gasteiger partial charge < -0.3 is 10.4 Å². The monoisotopic (exact) mass is 217 g/mol. The summed E-state index contributed by atoms with van der Waals surface area (Å²) in [6, 6.07) is 6.01. The Morgan fingerprint density at radius 3 is 3.00 bits per heavy atom. The SMILES string of the molecule is Cc1cccc2ncnc(NCCCO)c12. The number of rotatable bonds is 4. The largest absolute Gasteiger partial charge is 0.396 e. The molecule has 1 aromatic carbocycles. The summed E-state index contributed by atoms with van der Waals surface area (Å²) in [6.45, 7) is 2.95. The van der Waals surface area contributed by atoms with Crippen molar-refractivity contribution in [3.63, 3.8) is 0 Å². The van der Waals surface area contributed by atoms with Crippen molar-refractivity contribution in [3.05, 3.63) is 30.1 Å². The van der Waals surface area contributed by atoms with Gasteiger partial charge in [-0.25, -0.2) is 9.97 Å². The van der Waals surface area contributed by atoms with E-state index in [2.05, 4.69) is 15.3 Å². The molecule has 0 amide bonds. The molecule has 1 aromatic heterocycles. The first-order valence-electron chi connectivity index (χ1n) is 5.38. The van der Waals surface area contributed by atoms with Crippen LogP contribution in [0.4, 0.5) is 5.82 Å². The zero-order valence-corrected chi connectivity index (χ0v) is 9.27. The predicted octanol–water partition coefficient (Wildman–Crippen LogP) is 1.73. The average molecular weight is 217 g/mol. The smallest absolute Gasteiger partial charge is 0.137 e. The number of hydrogen-bond donors (Lipinski definition) is 2. The van der Waals surface area contributed by atoms with Crippen LogP contribution in [-0.2, 0) is 0 Å². The van der Waals surface area contributed by atoms with Crippen molar-refractivity contribution < 1.29 is 5.11 Å². The Bertz CT molecular complexity index is 479. The highest BCUT2D eigenvalue weighted by Gasteiger charge is 2.04. The van der Waals surface area contributed by atoms with Gasteiger partial charge in [-0.3, -0.25) is 0 Å². The second-order valence-electron chi connectivity index (χ2n) is 3.70. The van der Waals surface area contributed by atoms with E-state index >= 15 is 0 Å². The molecule has 0 aliphatic carbocycles. The van der Waals surface area contributed by atoms with Gasteiger partial charge in [0, 0.05) is 18.5 Å². The highest BCUT2D eigenvalue weighted by Crippen LogP contribution is 2.22. The van der Waals surface area contributed by atoms with Crippen LogP contribution in [0.3, 0.4) is 0 Å². The minimum Gasteiger partial charge on any atom is -0.396 e. The van der Waals surface area contributed by atoms with Gasteiger partial charge in [0.25, 0.3) is 0 Å². The number of aryl methyl sites for hydroxylation is 1. The minimum absolute atomic E-state index is 0.189. The molecule has 1 heterocycles. The van der Waals surface area contributed by atoms with Crippen molar-refractivity contribution in [2.24, 2.45) is 0 Å². The van der Waals surface area contributed by atoms with Crippen LogP contribution in [0.2, 0.25) is 0 Å². The maximum atomic E-state index is 8.74. The first-order valence-corrected chi connectivity index (χ1v) is 5.38. The van der Waals surface area contributed by atoms with Crippen LogP contribution in [0.1, 0.15) is 12.0 Å². The number of aromatic nitrogens is 2. The van der Waals surface area contributed by atoms with E-state index in [-0.39, 0.29) is 6.61 Å². The van der Waals surface area contributed by atoms with E-state index in [1.165, 1.54) is 0 Å². The van der Waals surface area contributed by atoms with Gasteiger partial charge in [0.15, 0.2) is 0 Å². The Morgan fingerprint density at radius 1 is 1.31 bits per heavy atom. The molecule has 0 fully saturated rings. The van der Waals surface area contributed by atoms with Gasteiger partial charge in [0.05, 0.1) is 5.52 Å². The summed E-state index contributed by atoms with van der Waals surface area (Å²) >= 11 is 0. The topological polar surface area (TPSA) is 58.0 Å². The second kappa shape index (κ2) is 4.90. The number of nitrogens with one attached hydrogen (secondary N) is 1. The molecule has 0 saturated carbocycles. The van der Waals surface area contributed by atoms with E-state index in [1.54, 1.807) is 6.33 Å². The molecule has 2 aromatic rings. The molecule has 0 aliphatic heterocycles.